The van der Waals surface area contributed by atoms with Crippen molar-refractivity contribution in [1.29, 1.82) is 0 Å². The van der Waals surface area contributed by atoms with E-state index in [0.29, 0.717) is 0 Å². The fraction of sp³-hybridized carbons (Fsp3) is 0.267. The molecule has 0 unspecified atom stereocenters. The molecule has 0 aromatic heterocycles. The molecule has 1 aromatic rings. The van der Waals surface area contributed by atoms with E-state index in [0.717, 1.165) is 22.3 Å². The molecular formula is C15H17NO. The largest absolute Gasteiger partial charge is 0.341 e. The quantitative estimate of drug-likeness (QED) is 0.734. The van der Waals surface area contributed by atoms with Crippen molar-refractivity contribution in [3.05, 3.63) is 58.7 Å². The van der Waals surface area contributed by atoms with Gasteiger partial charge >= 0.3 is 0 Å². The number of rotatable bonds is 1. The van der Waals surface area contributed by atoms with Gasteiger partial charge < -0.3 is 5.32 Å². The SMILES string of the molecule is C/C=C1/C(=C(C)C)C(=O)N[C@@H]1c1ccccc1. The highest BCUT2D eigenvalue weighted by Crippen LogP contribution is 2.34. The number of benzene rings is 1. The molecule has 0 aliphatic carbocycles. The van der Waals surface area contributed by atoms with Crippen LogP contribution in [0.15, 0.2) is 53.1 Å². The first-order valence-electron chi connectivity index (χ1n) is 5.85. The van der Waals surface area contributed by atoms with E-state index in [-0.39, 0.29) is 11.9 Å². The Labute approximate surface area is 102 Å². The van der Waals surface area contributed by atoms with Crippen molar-refractivity contribution in [2.75, 3.05) is 0 Å². The summed E-state index contributed by atoms with van der Waals surface area (Å²) < 4.78 is 0. The van der Waals surface area contributed by atoms with E-state index in [1.807, 2.05) is 57.2 Å². The van der Waals surface area contributed by atoms with Crippen LogP contribution in [0, 0.1) is 0 Å². The lowest BCUT2D eigenvalue weighted by atomic mass is 9.95. The van der Waals surface area contributed by atoms with Crippen LogP contribution < -0.4 is 5.32 Å². The summed E-state index contributed by atoms with van der Waals surface area (Å²) in [5.74, 6) is 0.0342. The molecule has 2 nitrogen and oxygen atoms in total. The summed E-state index contributed by atoms with van der Waals surface area (Å²) in [5, 5.41) is 3.04. The van der Waals surface area contributed by atoms with Gasteiger partial charge in [0.25, 0.3) is 5.91 Å². The third-order valence-corrected chi connectivity index (χ3v) is 3.05. The zero-order valence-electron chi connectivity index (χ0n) is 10.4. The van der Waals surface area contributed by atoms with Crippen molar-refractivity contribution < 1.29 is 4.79 Å². The molecule has 1 atom stereocenters. The standard InChI is InChI=1S/C15H17NO/c1-4-12-13(10(2)3)15(17)16-14(12)11-8-6-5-7-9-11/h4-9,14H,1-3H3,(H,16,17)/b12-4-/t14-/m1/s1. The molecule has 1 amide bonds. The van der Waals surface area contributed by atoms with Gasteiger partial charge in [-0.3, -0.25) is 4.79 Å². The van der Waals surface area contributed by atoms with Crippen LogP contribution in [0.4, 0.5) is 0 Å². The Morgan fingerprint density at radius 3 is 2.41 bits per heavy atom. The van der Waals surface area contributed by atoms with Gasteiger partial charge in [-0.2, -0.15) is 0 Å². The van der Waals surface area contributed by atoms with Gasteiger partial charge in [-0.1, -0.05) is 42.0 Å². The van der Waals surface area contributed by atoms with Crippen LogP contribution in [-0.2, 0) is 4.79 Å². The second-order valence-corrected chi connectivity index (χ2v) is 4.44. The first-order valence-corrected chi connectivity index (χ1v) is 5.85. The fourth-order valence-corrected chi connectivity index (χ4v) is 2.29. The summed E-state index contributed by atoms with van der Waals surface area (Å²) in [6.07, 6.45) is 2.03. The average Bonchev–Trinajstić information content (AvgIpc) is 2.67. The van der Waals surface area contributed by atoms with Crippen molar-refractivity contribution in [3.8, 4) is 0 Å². The minimum Gasteiger partial charge on any atom is -0.341 e. The van der Waals surface area contributed by atoms with Gasteiger partial charge in [0.1, 0.15) is 0 Å². The summed E-state index contributed by atoms with van der Waals surface area (Å²) in [7, 11) is 0. The molecule has 0 radical (unpaired) electrons. The molecule has 1 aliphatic rings. The Balaban J connectivity index is 2.47. The van der Waals surface area contributed by atoms with Gasteiger partial charge in [0, 0.05) is 5.57 Å². The van der Waals surface area contributed by atoms with Crippen molar-refractivity contribution in [2.45, 2.75) is 26.8 Å². The molecular weight excluding hydrogens is 210 g/mol. The van der Waals surface area contributed by atoms with Crippen LogP contribution in [-0.4, -0.2) is 5.91 Å². The number of amides is 1. The number of hydrogen-bond donors (Lipinski definition) is 1. The number of carbonyl (C=O) groups excluding carboxylic acids is 1. The molecule has 1 N–H and O–H groups in total. The number of allylic oxidation sites excluding steroid dienone is 2. The summed E-state index contributed by atoms with van der Waals surface area (Å²) in [6, 6.07) is 10.1. The van der Waals surface area contributed by atoms with E-state index < -0.39 is 0 Å². The molecule has 1 aliphatic heterocycles. The first-order chi connectivity index (χ1) is 8.15. The molecule has 17 heavy (non-hydrogen) atoms. The molecule has 2 rings (SSSR count). The maximum absolute atomic E-state index is 12.0. The average molecular weight is 227 g/mol. The second kappa shape index (κ2) is 4.58. The number of nitrogens with one attached hydrogen (secondary N) is 1. The van der Waals surface area contributed by atoms with Crippen LogP contribution >= 0.6 is 0 Å². The summed E-state index contributed by atoms with van der Waals surface area (Å²) in [6.45, 7) is 5.94. The highest BCUT2D eigenvalue weighted by atomic mass is 16.2. The molecule has 1 saturated heterocycles. The van der Waals surface area contributed by atoms with Crippen molar-refractivity contribution >= 4 is 5.91 Å². The van der Waals surface area contributed by atoms with Gasteiger partial charge in [-0.05, 0) is 31.9 Å². The Morgan fingerprint density at radius 2 is 1.88 bits per heavy atom. The third-order valence-electron chi connectivity index (χ3n) is 3.05. The highest BCUT2D eigenvalue weighted by molar-refractivity contribution is 6.02. The molecule has 1 fully saturated rings. The Morgan fingerprint density at radius 1 is 1.24 bits per heavy atom. The highest BCUT2D eigenvalue weighted by Gasteiger charge is 2.32. The van der Waals surface area contributed by atoms with Gasteiger partial charge in [-0.25, -0.2) is 0 Å². The normalized spacial score (nSPS) is 21.8. The maximum Gasteiger partial charge on any atom is 0.252 e. The van der Waals surface area contributed by atoms with E-state index in [1.165, 1.54) is 0 Å². The minimum atomic E-state index is -0.00130. The minimum absolute atomic E-state index is 0.00130. The van der Waals surface area contributed by atoms with Gasteiger partial charge in [0.05, 0.1) is 6.04 Å². The van der Waals surface area contributed by atoms with E-state index in [9.17, 15) is 4.79 Å². The van der Waals surface area contributed by atoms with Crippen LogP contribution in [0.3, 0.4) is 0 Å². The number of hydrogen-bond acceptors (Lipinski definition) is 1. The topological polar surface area (TPSA) is 29.1 Å². The van der Waals surface area contributed by atoms with Crippen LogP contribution in [0.5, 0.6) is 0 Å². The van der Waals surface area contributed by atoms with Gasteiger partial charge in [0.2, 0.25) is 0 Å². The predicted octanol–water partition coefficient (Wildman–Crippen LogP) is 3.14. The van der Waals surface area contributed by atoms with Crippen LogP contribution in [0.2, 0.25) is 0 Å². The second-order valence-electron chi connectivity index (χ2n) is 4.44. The monoisotopic (exact) mass is 227 g/mol. The molecule has 1 aromatic carbocycles. The Hall–Kier alpha value is -1.83. The first kappa shape index (κ1) is 11.6. The third kappa shape index (κ3) is 2.03. The lowest BCUT2D eigenvalue weighted by Gasteiger charge is -2.12. The molecule has 1 heterocycles. The zero-order valence-corrected chi connectivity index (χ0v) is 10.4. The lowest BCUT2D eigenvalue weighted by molar-refractivity contribution is -0.116. The summed E-state index contributed by atoms with van der Waals surface area (Å²) in [4.78, 5) is 12.0. The molecule has 0 saturated carbocycles. The molecule has 0 bridgehead atoms. The van der Waals surface area contributed by atoms with E-state index in [1.54, 1.807) is 0 Å². The van der Waals surface area contributed by atoms with Crippen molar-refractivity contribution in [2.24, 2.45) is 0 Å². The predicted molar refractivity (Wildman–Crippen MR) is 69.5 cm³/mol. The molecule has 0 spiro atoms. The van der Waals surface area contributed by atoms with Gasteiger partial charge in [0.15, 0.2) is 0 Å². The summed E-state index contributed by atoms with van der Waals surface area (Å²) in [5.41, 5.74) is 4.11. The maximum atomic E-state index is 12.0. The Bertz CT molecular complexity index is 493. The molecule has 2 heteroatoms. The van der Waals surface area contributed by atoms with Crippen LogP contribution in [0.1, 0.15) is 32.4 Å². The summed E-state index contributed by atoms with van der Waals surface area (Å²) >= 11 is 0. The smallest absolute Gasteiger partial charge is 0.252 e. The van der Waals surface area contributed by atoms with E-state index in [4.69, 9.17) is 0 Å². The lowest BCUT2D eigenvalue weighted by Crippen LogP contribution is -2.19. The molecule has 88 valence electrons. The van der Waals surface area contributed by atoms with E-state index >= 15 is 0 Å². The zero-order chi connectivity index (χ0) is 12.4. The number of carbonyl (C=O) groups is 1. The van der Waals surface area contributed by atoms with Crippen LogP contribution in [0.25, 0.3) is 0 Å². The van der Waals surface area contributed by atoms with Crippen molar-refractivity contribution in [1.82, 2.24) is 5.32 Å². The van der Waals surface area contributed by atoms with Crippen molar-refractivity contribution in [3.63, 3.8) is 0 Å². The van der Waals surface area contributed by atoms with E-state index in [2.05, 4.69) is 5.32 Å². The Kier molecular flexibility index (Phi) is 3.14. The fourth-order valence-electron chi connectivity index (χ4n) is 2.29. The van der Waals surface area contributed by atoms with Gasteiger partial charge in [-0.15, -0.1) is 0 Å².